The first-order valence-electron chi connectivity index (χ1n) is 12.4. The van der Waals surface area contributed by atoms with Gasteiger partial charge in [-0.2, -0.15) is 0 Å². The molecule has 0 spiro atoms. The lowest BCUT2D eigenvalue weighted by Crippen LogP contribution is -2.18. The first-order chi connectivity index (χ1) is 17.5. The molecule has 7 nitrogen and oxygen atoms in total. The number of rotatable bonds is 7. The number of allylic oxidation sites excluding steroid dienone is 4. The Morgan fingerprint density at radius 1 is 1.00 bits per heavy atom. The van der Waals surface area contributed by atoms with Crippen LogP contribution in [-0.2, 0) is 13.0 Å². The Bertz CT molecular complexity index is 1470. The van der Waals surface area contributed by atoms with E-state index < -0.39 is 0 Å². The van der Waals surface area contributed by atoms with E-state index in [-0.39, 0.29) is 5.78 Å². The molecule has 2 aromatic carbocycles. The van der Waals surface area contributed by atoms with Crippen molar-refractivity contribution in [2.45, 2.75) is 53.5 Å². The van der Waals surface area contributed by atoms with Gasteiger partial charge in [0, 0.05) is 29.7 Å². The Morgan fingerprint density at radius 3 is 2.42 bits per heavy atom. The Labute approximate surface area is 211 Å². The molecule has 2 aromatic heterocycles. The molecule has 182 valence electrons. The number of imidazole rings is 1. The molecule has 7 heteroatoms. The summed E-state index contributed by atoms with van der Waals surface area (Å²) in [6.45, 7) is 8.73. The topological polar surface area (TPSA) is 89.3 Å². The van der Waals surface area contributed by atoms with E-state index in [1.807, 2.05) is 39.0 Å². The fraction of sp³-hybridized carbons (Fsp3) is 0.276. The van der Waals surface area contributed by atoms with Crippen molar-refractivity contribution in [3.63, 3.8) is 0 Å². The zero-order valence-corrected chi connectivity index (χ0v) is 21.2. The van der Waals surface area contributed by atoms with Crippen molar-refractivity contribution in [1.29, 1.82) is 0 Å². The van der Waals surface area contributed by atoms with Gasteiger partial charge in [-0.05, 0) is 59.9 Å². The highest BCUT2D eigenvalue weighted by atomic mass is 16.1. The second-order valence-electron chi connectivity index (χ2n) is 9.19. The molecule has 1 N–H and O–H groups in total. The van der Waals surface area contributed by atoms with E-state index in [1.54, 1.807) is 0 Å². The van der Waals surface area contributed by atoms with Crippen LogP contribution in [0.1, 0.15) is 68.1 Å². The third-order valence-corrected chi connectivity index (χ3v) is 7.00. The second-order valence-corrected chi connectivity index (χ2v) is 9.19. The molecule has 2 heterocycles. The lowest BCUT2D eigenvalue weighted by Gasteiger charge is -2.19. The fourth-order valence-corrected chi connectivity index (χ4v) is 4.88. The van der Waals surface area contributed by atoms with Crippen molar-refractivity contribution in [1.82, 2.24) is 30.2 Å². The Balaban J connectivity index is 1.52. The smallest absolute Gasteiger partial charge is 0.207 e. The maximum Gasteiger partial charge on any atom is 0.207 e. The van der Waals surface area contributed by atoms with E-state index in [0.717, 1.165) is 69.8 Å². The number of tetrazole rings is 1. The van der Waals surface area contributed by atoms with Gasteiger partial charge in [0.05, 0.1) is 0 Å². The zero-order valence-electron chi connectivity index (χ0n) is 21.2. The van der Waals surface area contributed by atoms with E-state index in [0.29, 0.717) is 18.1 Å². The summed E-state index contributed by atoms with van der Waals surface area (Å²) in [5, 5.41) is 14.4. The summed E-state index contributed by atoms with van der Waals surface area (Å²) in [5.41, 5.74) is 8.61. The highest BCUT2D eigenvalue weighted by Gasteiger charge is 2.31. The van der Waals surface area contributed by atoms with Crippen LogP contribution in [0.4, 0.5) is 0 Å². The number of hydrogen-bond acceptors (Lipinski definition) is 5. The molecular weight excluding hydrogens is 448 g/mol. The Hall–Kier alpha value is -4.13. The van der Waals surface area contributed by atoms with Gasteiger partial charge in [0.25, 0.3) is 0 Å². The lowest BCUT2D eigenvalue weighted by molar-refractivity contribution is 0.102. The van der Waals surface area contributed by atoms with E-state index in [4.69, 9.17) is 4.98 Å². The number of aryl methyl sites for hydroxylation is 1. The molecule has 0 radical (unpaired) electrons. The third-order valence-electron chi connectivity index (χ3n) is 7.00. The highest BCUT2D eigenvalue weighted by molar-refractivity contribution is 6.15. The van der Waals surface area contributed by atoms with Crippen LogP contribution in [0.25, 0.3) is 28.1 Å². The van der Waals surface area contributed by atoms with Crippen LogP contribution in [0, 0.1) is 0 Å². The van der Waals surface area contributed by atoms with Crippen LogP contribution < -0.4 is 0 Å². The molecular formula is C29H30N6O. The first-order valence-corrected chi connectivity index (χ1v) is 12.4. The molecule has 0 saturated carbocycles. The molecule has 0 amide bonds. The van der Waals surface area contributed by atoms with E-state index >= 15 is 0 Å². The van der Waals surface area contributed by atoms with Gasteiger partial charge in [-0.3, -0.25) is 4.79 Å². The summed E-state index contributed by atoms with van der Waals surface area (Å²) in [5.74, 6) is 1.69. The number of fused-ring (bicyclic) bond motifs is 1. The minimum absolute atomic E-state index is 0.0783. The van der Waals surface area contributed by atoms with Gasteiger partial charge >= 0.3 is 0 Å². The standard InChI is InChI=1S/C29H30N6O/c1-5-7-12-25-30-26-22(6-2)18(3)19(4)28(36)27(26)35(25)17-20-13-15-21(16-14-20)23-10-8-9-11-24(23)29-31-33-34-32-29/h6,8-11,13-16H,5,7,12,17H2,1-4H3,(H,31,32,33,34). The summed E-state index contributed by atoms with van der Waals surface area (Å²) in [7, 11) is 0. The maximum absolute atomic E-state index is 13.4. The number of benzene rings is 2. The summed E-state index contributed by atoms with van der Waals surface area (Å²) in [6.07, 6.45) is 5.03. The monoisotopic (exact) mass is 478 g/mol. The van der Waals surface area contributed by atoms with Crippen molar-refractivity contribution < 1.29 is 4.79 Å². The number of nitrogens with zero attached hydrogens (tertiary/aromatic N) is 5. The van der Waals surface area contributed by atoms with Gasteiger partial charge in [0.1, 0.15) is 17.2 Å². The summed E-state index contributed by atoms with van der Waals surface area (Å²) in [4.78, 5) is 18.4. The van der Waals surface area contributed by atoms with Crippen LogP contribution in [0.15, 0.2) is 65.8 Å². The quantitative estimate of drug-likeness (QED) is 0.349. The first kappa shape index (κ1) is 23.6. The number of carbonyl (C=O) groups excluding carboxylic acids is 1. The largest absolute Gasteiger partial charge is 0.320 e. The lowest BCUT2D eigenvalue weighted by atomic mass is 9.88. The molecule has 0 atom stereocenters. The predicted octanol–water partition coefficient (Wildman–Crippen LogP) is 6.06. The molecule has 0 fully saturated rings. The molecule has 4 aromatic rings. The maximum atomic E-state index is 13.4. The number of hydrogen-bond donors (Lipinski definition) is 1. The second kappa shape index (κ2) is 9.85. The average Bonchev–Trinajstić information content (AvgIpc) is 3.56. The van der Waals surface area contributed by atoms with Crippen molar-refractivity contribution >= 4 is 11.4 Å². The number of aromatic nitrogens is 6. The van der Waals surface area contributed by atoms with Crippen LogP contribution in [0.3, 0.4) is 0 Å². The number of nitrogens with one attached hydrogen (secondary N) is 1. The minimum atomic E-state index is 0.0783. The summed E-state index contributed by atoms with van der Waals surface area (Å²) >= 11 is 0. The number of unbranched alkanes of at least 4 members (excludes halogenated alkanes) is 1. The van der Waals surface area contributed by atoms with E-state index in [2.05, 4.69) is 68.5 Å². The van der Waals surface area contributed by atoms with Crippen LogP contribution in [-0.4, -0.2) is 36.0 Å². The van der Waals surface area contributed by atoms with Crippen molar-refractivity contribution in [2.75, 3.05) is 0 Å². The van der Waals surface area contributed by atoms with Gasteiger partial charge < -0.3 is 4.57 Å². The van der Waals surface area contributed by atoms with Gasteiger partial charge in [0.2, 0.25) is 5.78 Å². The Kier molecular flexibility index (Phi) is 6.46. The van der Waals surface area contributed by atoms with Crippen LogP contribution in [0.5, 0.6) is 0 Å². The van der Waals surface area contributed by atoms with Gasteiger partial charge in [-0.25, -0.2) is 10.1 Å². The zero-order chi connectivity index (χ0) is 25.2. The molecule has 0 bridgehead atoms. The molecule has 0 saturated heterocycles. The van der Waals surface area contributed by atoms with Crippen LogP contribution in [0.2, 0.25) is 0 Å². The average molecular weight is 479 g/mol. The van der Waals surface area contributed by atoms with Gasteiger partial charge in [-0.1, -0.05) is 68.0 Å². The van der Waals surface area contributed by atoms with Gasteiger partial charge in [-0.15, -0.1) is 5.10 Å². The highest BCUT2D eigenvalue weighted by Crippen LogP contribution is 2.36. The van der Waals surface area contributed by atoms with Crippen molar-refractivity contribution in [3.8, 4) is 22.5 Å². The van der Waals surface area contributed by atoms with Crippen LogP contribution >= 0.6 is 0 Å². The molecule has 0 aliphatic heterocycles. The number of Topliss-reactive ketones (excluding diaryl/α,β-unsaturated/α-hetero) is 1. The Morgan fingerprint density at radius 2 is 1.75 bits per heavy atom. The minimum Gasteiger partial charge on any atom is -0.320 e. The SMILES string of the molecule is CC=C1C(C)=C(C)C(=O)c2c1nc(CCCC)n2Cc1ccc(-c2ccccc2-c2nnn[nH]2)cc1. The van der Waals surface area contributed by atoms with Crippen molar-refractivity contribution in [2.24, 2.45) is 0 Å². The molecule has 0 unspecified atom stereocenters. The fourth-order valence-electron chi connectivity index (χ4n) is 4.88. The summed E-state index contributed by atoms with van der Waals surface area (Å²) in [6, 6.07) is 16.5. The van der Waals surface area contributed by atoms with Gasteiger partial charge in [0.15, 0.2) is 5.82 Å². The van der Waals surface area contributed by atoms with E-state index in [1.165, 1.54) is 0 Å². The molecule has 1 aliphatic carbocycles. The number of aromatic amines is 1. The van der Waals surface area contributed by atoms with Crippen molar-refractivity contribution in [3.05, 3.63) is 88.5 Å². The van der Waals surface area contributed by atoms with E-state index in [9.17, 15) is 4.79 Å². The molecule has 5 rings (SSSR count). The number of carbonyl (C=O) groups is 1. The normalized spacial score (nSPS) is 14.6. The molecule has 36 heavy (non-hydrogen) atoms. The predicted molar refractivity (Wildman–Crippen MR) is 141 cm³/mol. The summed E-state index contributed by atoms with van der Waals surface area (Å²) < 4.78 is 2.13. The number of ketones is 1. The molecule has 1 aliphatic rings. The third kappa shape index (κ3) is 4.11. The number of H-pyrrole nitrogens is 1.